The average molecular weight is 495 g/mol. The fraction of sp³-hybridized carbons (Fsp3) is 0.500. The van der Waals surface area contributed by atoms with Crippen LogP contribution in [-0.4, -0.2) is 60.1 Å². The molecule has 194 valence electrons. The number of nitrogens with one attached hydrogen (secondary N) is 2. The van der Waals surface area contributed by atoms with Gasteiger partial charge in [0.05, 0.1) is 0 Å². The summed E-state index contributed by atoms with van der Waals surface area (Å²) in [6.45, 7) is 6.55. The highest BCUT2D eigenvalue weighted by atomic mass is 16.2. The maximum absolute atomic E-state index is 13.3. The molecular weight excluding hydrogens is 456 g/mol. The summed E-state index contributed by atoms with van der Waals surface area (Å²) in [4.78, 5) is 53.5. The summed E-state index contributed by atoms with van der Waals surface area (Å²) in [7, 11) is 0. The van der Waals surface area contributed by atoms with E-state index in [1.807, 2.05) is 49.4 Å². The molecule has 0 radical (unpaired) electrons. The summed E-state index contributed by atoms with van der Waals surface area (Å²) in [6, 6.07) is 12.3. The van der Waals surface area contributed by atoms with Crippen molar-refractivity contribution >= 4 is 34.3 Å². The van der Waals surface area contributed by atoms with Gasteiger partial charge in [-0.05, 0) is 48.6 Å². The maximum Gasteiger partial charge on any atom is 0.291 e. The van der Waals surface area contributed by atoms with Gasteiger partial charge in [0, 0.05) is 24.9 Å². The Bertz CT molecular complexity index is 1110. The highest BCUT2D eigenvalue weighted by Gasteiger charge is 2.41. The van der Waals surface area contributed by atoms with Gasteiger partial charge in [-0.15, -0.1) is 0 Å². The first-order chi connectivity index (χ1) is 17.2. The molecule has 1 heterocycles. The molecule has 1 aliphatic rings. The van der Waals surface area contributed by atoms with Gasteiger partial charge >= 0.3 is 0 Å². The third-order valence-corrected chi connectivity index (χ3v) is 7.08. The fourth-order valence-corrected chi connectivity index (χ4v) is 4.38. The summed E-state index contributed by atoms with van der Waals surface area (Å²) >= 11 is 0. The van der Waals surface area contributed by atoms with Crippen molar-refractivity contribution in [3.05, 3.63) is 48.0 Å². The van der Waals surface area contributed by atoms with Crippen LogP contribution in [0.3, 0.4) is 0 Å². The molecule has 8 heteroatoms. The minimum absolute atomic E-state index is 0.299. The molecule has 8 nitrogen and oxygen atoms in total. The SMILES string of the molecule is CCC(C)(C)C(=O)C(=O)N1CCCC1C(=O)N[C@H](Cc1ccc2ccccc2c1)C(=O)NCCCN. The first-order valence-corrected chi connectivity index (χ1v) is 12.8. The fourth-order valence-electron chi connectivity index (χ4n) is 4.38. The molecule has 1 aliphatic heterocycles. The molecule has 2 atom stereocenters. The zero-order valence-electron chi connectivity index (χ0n) is 21.5. The van der Waals surface area contributed by atoms with Crippen molar-refractivity contribution in [3.63, 3.8) is 0 Å². The van der Waals surface area contributed by atoms with Crippen molar-refractivity contribution < 1.29 is 19.2 Å². The molecule has 3 rings (SSSR count). The van der Waals surface area contributed by atoms with Crippen LogP contribution in [0.25, 0.3) is 10.8 Å². The van der Waals surface area contributed by atoms with E-state index in [-0.39, 0.29) is 5.91 Å². The number of carbonyl (C=O) groups excluding carboxylic acids is 4. The molecule has 0 aliphatic carbocycles. The van der Waals surface area contributed by atoms with Crippen LogP contribution in [0.15, 0.2) is 42.5 Å². The molecule has 1 unspecified atom stereocenters. The van der Waals surface area contributed by atoms with Crippen molar-refractivity contribution in [1.82, 2.24) is 15.5 Å². The van der Waals surface area contributed by atoms with Crippen LogP contribution in [-0.2, 0) is 25.6 Å². The van der Waals surface area contributed by atoms with Crippen molar-refractivity contribution in [2.24, 2.45) is 11.1 Å². The summed E-state index contributed by atoms with van der Waals surface area (Å²) in [5.74, 6) is -1.83. The lowest BCUT2D eigenvalue weighted by Gasteiger charge is -2.29. The minimum atomic E-state index is -0.822. The predicted molar refractivity (Wildman–Crippen MR) is 140 cm³/mol. The van der Waals surface area contributed by atoms with Gasteiger partial charge in [-0.2, -0.15) is 0 Å². The molecule has 0 spiro atoms. The number of Topliss-reactive ketones (excluding diaryl/α,β-unsaturated/α-hetero) is 1. The van der Waals surface area contributed by atoms with Gasteiger partial charge < -0.3 is 21.3 Å². The van der Waals surface area contributed by atoms with Gasteiger partial charge in [0.25, 0.3) is 5.91 Å². The van der Waals surface area contributed by atoms with E-state index in [1.165, 1.54) is 4.90 Å². The second kappa shape index (κ2) is 12.1. The Morgan fingerprint density at radius 2 is 1.83 bits per heavy atom. The van der Waals surface area contributed by atoms with Crippen LogP contribution < -0.4 is 16.4 Å². The van der Waals surface area contributed by atoms with Gasteiger partial charge in [0.1, 0.15) is 12.1 Å². The minimum Gasteiger partial charge on any atom is -0.354 e. The molecule has 1 fully saturated rings. The van der Waals surface area contributed by atoms with Crippen molar-refractivity contribution in [1.29, 1.82) is 0 Å². The third-order valence-electron chi connectivity index (χ3n) is 7.08. The van der Waals surface area contributed by atoms with Crippen LogP contribution in [0, 0.1) is 5.41 Å². The number of benzene rings is 2. The number of fused-ring (bicyclic) bond motifs is 1. The standard InChI is InChI=1S/C28H38N4O4/c1-4-28(2,3)24(33)27(36)32-16-7-11-23(32)26(35)31-22(25(34)30-15-8-14-29)18-19-12-13-20-9-5-6-10-21(20)17-19/h5-6,9-10,12-13,17,22-23H,4,7-8,11,14-16,18,29H2,1-3H3,(H,30,34)(H,31,35)/t22-,23?/m1/s1. The van der Waals surface area contributed by atoms with E-state index in [0.29, 0.717) is 51.7 Å². The molecule has 2 aromatic rings. The number of carbonyl (C=O) groups is 4. The van der Waals surface area contributed by atoms with Gasteiger partial charge in [-0.3, -0.25) is 19.2 Å². The second-order valence-electron chi connectivity index (χ2n) is 10.1. The van der Waals surface area contributed by atoms with Crippen molar-refractivity contribution in [2.45, 2.75) is 65.0 Å². The van der Waals surface area contributed by atoms with Gasteiger partial charge in [-0.1, -0.05) is 63.2 Å². The predicted octanol–water partition coefficient (Wildman–Crippen LogP) is 2.33. The smallest absolute Gasteiger partial charge is 0.291 e. The molecule has 0 saturated carbocycles. The Hall–Kier alpha value is -3.26. The number of nitrogens with two attached hydrogens (primary N) is 1. The summed E-state index contributed by atoms with van der Waals surface area (Å²) in [5, 5.41) is 7.86. The largest absolute Gasteiger partial charge is 0.354 e. The summed E-state index contributed by atoms with van der Waals surface area (Å²) < 4.78 is 0. The average Bonchev–Trinajstić information content (AvgIpc) is 3.37. The van der Waals surface area contributed by atoms with E-state index in [4.69, 9.17) is 5.73 Å². The third kappa shape index (κ3) is 6.49. The maximum atomic E-state index is 13.3. The molecule has 0 bridgehead atoms. The van der Waals surface area contributed by atoms with E-state index in [0.717, 1.165) is 16.3 Å². The lowest BCUT2D eigenvalue weighted by Crippen LogP contribution is -2.55. The molecule has 1 saturated heterocycles. The number of rotatable bonds is 11. The number of hydrogen-bond donors (Lipinski definition) is 3. The molecule has 3 amide bonds. The Kier molecular flexibility index (Phi) is 9.20. The van der Waals surface area contributed by atoms with Crippen LogP contribution in [0.5, 0.6) is 0 Å². The van der Waals surface area contributed by atoms with Crippen molar-refractivity contribution in [2.75, 3.05) is 19.6 Å². The number of nitrogens with zero attached hydrogens (tertiary/aromatic N) is 1. The normalized spacial score (nSPS) is 16.6. The molecule has 0 aromatic heterocycles. The van der Waals surface area contributed by atoms with E-state index < -0.39 is 35.1 Å². The summed E-state index contributed by atoms with van der Waals surface area (Å²) in [5.41, 5.74) is 5.67. The zero-order valence-corrected chi connectivity index (χ0v) is 21.5. The Morgan fingerprint density at radius 1 is 1.11 bits per heavy atom. The summed E-state index contributed by atoms with van der Waals surface area (Å²) in [6.07, 6.45) is 2.53. The number of amides is 3. The monoisotopic (exact) mass is 494 g/mol. The number of ketones is 1. The topological polar surface area (TPSA) is 122 Å². The quantitative estimate of drug-likeness (QED) is 0.327. The lowest BCUT2D eigenvalue weighted by molar-refractivity contribution is -0.151. The molecular formula is C28H38N4O4. The highest BCUT2D eigenvalue weighted by molar-refractivity contribution is 6.38. The van der Waals surface area contributed by atoms with Crippen LogP contribution in [0.1, 0.15) is 52.0 Å². The van der Waals surface area contributed by atoms with Crippen LogP contribution >= 0.6 is 0 Å². The Labute approximate surface area is 213 Å². The second-order valence-corrected chi connectivity index (χ2v) is 10.1. The van der Waals surface area contributed by atoms with Crippen molar-refractivity contribution in [3.8, 4) is 0 Å². The van der Waals surface area contributed by atoms with Crippen LogP contribution in [0.2, 0.25) is 0 Å². The van der Waals surface area contributed by atoms with Gasteiger partial charge in [0.2, 0.25) is 17.6 Å². The Morgan fingerprint density at radius 3 is 2.53 bits per heavy atom. The van der Waals surface area contributed by atoms with Gasteiger partial charge in [0.15, 0.2) is 0 Å². The van der Waals surface area contributed by atoms with E-state index in [9.17, 15) is 19.2 Å². The molecule has 2 aromatic carbocycles. The van der Waals surface area contributed by atoms with E-state index >= 15 is 0 Å². The first kappa shape index (κ1) is 27.3. The number of hydrogen-bond acceptors (Lipinski definition) is 5. The van der Waals surface area contributed by atoms with Crippen LogP contribution in [0.4, 0.5) is 0 Å². The first-order valence-electron chi connectivity index (χ1n) is 12.8. The molecule has 4 N–H and O–H groups in total. The molecule has 36 heavy (non-hydrogen) atoms. The zero-order chi connectivity index (χ0) is 26.3. The van der Waals surface area contributed by atoms with E-state index in [2.05, 4.69) is 10.6 Å². The lowest BCUT2D eigenvalue weighted by atomic mass is 9.84. The Balaban J connectivity index is 1.77. The van der Waals surface area contributed by atoms with E-state index in [1.54, 1.807) is 13.8 Å². The number of likely N-dealkylation sites (tertiary alicyclic amines) is 1. The van der Waals surface area contributed by atoms with Gasteiger partial charge in [-0.25, -0.2) is 0 Å². The highest BCUT2D eigenvalue weighted by Crippen LogP contribution is 2.26.